The highest BCUT2D eigenvalue weighted by Gasteiger charge is 2.47. The van der Waals surface area contributed by atoms with E-state index in [1.807, 2.05) is 54.7 Å². The fourth-order valence-corrected chi connectivity index (χ4v) is 10.1. The molecule has 11 nitrogen and oxygen atoms in total. The summed E-state index contributed by atoms with van der Waals surface area (Å²) in [6, 6.07) is -1.04. The number of unbranched alkanes of at least 4 members (excludes halogenated alkanes) is 34. The normalized spacial score (nSPS) is 19.2. The molecule has 1 aliphatic heterocycles. The Morgan fingerprint density at radius 1 is 0.494 bits per heavy atom. The number of carbonyl (C=O) groups excluding carboxylic acids is 2. The lowest BCUT2D eigenvalue weighted by molar-refractivity contribution is -0.305. The van der Waals surface area contributed by atoms with Crippen molar-refractivity contribution in [3.63, 3.8) is 0 Å². The predicted octanol–water partition coefficient (Wildman–Crippen LogP) is 16.5. The van der Waals surface area contributed by atoms with Gasteiger partial charge in [-0.05, 0) is 70.6 Å². The molecule has 8 unspecified atom stereocenters. The molecule has 6 N–H and O–H groups in total. The van der Waals surface area contributed by atoms with Crippen LogP contribution >= 0.6 is 0 Å². The molecule has 8 atom stereocenters. The molecule has 0 aromatic carbocycles. The number of amides is 1. The van der Waals surface area contributed by atoms with Crippen molar-refractivity contribution >= 4 is 11.9 Å². The van der Waals surface area contributed by atoms with Gasteiger partial charge in [-0.3, -0.25) is 9.59 Å². The minimum absolute atomic E-state index is 0.0719. The van der Waals surface area contributed by atoms with Crippen molar-refractivity contribution in [3.8, 4) is 0 Å². The number of hydrogen-bond acceptors (Lipinski definition) is 10. The molecule has 1 aliphatic rings. The van der Waals surface area contributed by atoms with Crippen molar-refractivity contribution in [2.75, 3.05) is 13.2 Å². The van der Waals surface area contributed by atoms with Crippen molar-refractivity contribution in [1.29, 1.82) is 0 Å². The minimum Gasteiger partial charge on any atom is -0.454 e. The number of aliphatic hydroxyl groups is 5. The van der Waals surface area contributed by atoms with Crippen molar-refractivity contribution in [1.82, 2.24) is 5.32 Å². The Morgan fingerprint density at radius 2 is 0.901 bits per heavy atom. The molecule has 0 spiro atoms. The van der Waals surface area contributed by atoms with Gasteiger partial charge >= 0.3 is 5.97 Å². The molecule has 1 amide bonds. The van der Waals surface area contributed by atoms with Crippen LogP contribution in [0.3, 0.4) is 0 Å². The van der Waals surface area contributed by atoms with Gasteiger partial charge in [0.25, 0.3) is 0 Å². The van der Waals surface area contributed by atoms with Crippen LogP contribution in [0.1, 0.15) is 284 Å². The van der Waals surface area contributed by atoms with Gasteiger partial charge in [0.05, 0.1) is 25.4 Å². The minimum atomic E-state index is -1.63. The molecule has 1 fully saturated rings. The number of hydrogen-bond donors (Lipinski definition) is 6. The number of nitrogens with one attached hydrogen (secondary N) is 1. The van der Waals surface area contributed by atoms with Crippen molar-refractivity contribution in [3.05, 3.63) is 85.1 Å². The predicted molar refractivity (Wildman–Crippen MR) is 338 cm³/mol. The van der Waals surface area contributed by atoms with Crippen LogP contribution in [0.4, 0.5) is 0 Å². The van der Waals surface area contributed by atoms with E-state index in [1.54, 1.807) is 6.08 Å². The number of allylic oxidation sites excluding steroid dienone is 13. The zero-order chi connectivity index (χ0) is 58.9. The third-order valence-electron chi connectivity index (χ3n) is 15.4. The number of ether oxygens (including phenoxy) is 3. The Hall–Kier alpha value is -3.16. The van der Waals surface area contributed by atoms with E-state index >= 15 is 0 Å². The second kappa shape index (κ2) is 57.3. The molecule has 0 aliphatic carbocycles. The monoisotopic (exact) mass is 1140 g/mol. The third kappa shape index (κ3) is 45.0. The van der Waals surface area contributed by atoms with E-state index in [0.717, 1.165) is 64.2 Å². The average molecular weight is 1140 g/mol. The molecule has 1 rings (SSSR count). The number of aliphatic hydroxyl groups excluding tert-OH is 5. The molecule has 0 aromatic rings. The van der Waals surface area contributed by atoms with E-state index < -0.39 is 67.4 Å². The summed E-state index contributed by atoms with van der Waals surface area (Å²) < 4.78 is 17.6. The first-order valence-electron chi connectivity index (χ1n) is 33.4. The summed E-state index contributed by atoms with van der Waals surface area (Å²) in [6.07, 6.45) is 64.9. The summed E-state index contributed by atoms with van der Waals surface area (Å²) in [5.41, 5.74) is 0. The molecule has 0 radical (unpaired) electrons. The van der Waals surface area contributed by atoms with Crippen LogP contribution in [0.25, 0.3) is 0 Å². The van der Waals surface area contributed by atoms with Crippen LogP contribution in [0.5, 0.6) is 0 Å². The second-order valence-electron chi connectivity index (χ2n) is 22.9. The van der Waals surface area contributed by atoms with Gasteiger partial charge in [0, 0.05) is 6.42 Å². The summed E-state index contributed by atoms with van der Waals surface area (Å²) in [4.78, 5) is 26.6. The molecule has 81 heavy (non-hydrogen) atoms. The van der Waals surface area contributed by atoms with Gasteiger partial charge in [0.15, 0.2) is 12.4 Å². The van der Waals surface area contributed by atoms with Gasteiger partial charge in [-0.15, -0.1) is 0 Å². The highest BCUT2D eigenvalue weighted by Crippen LogP contribution is 2.26. The highest BCUT2D eigenvalue weighted by atomic mass is 16.7. The average Bonchev–Trinajstić information content (AvgIpc) is 3.53. The topological polar surface area (TPSA) is 175 Å². The Labute approximate surface area is 495 Å². The van der Waals surface area contributed by atoms with E-state index in [4.69, 9.17) is 14.2 Å². The molecule has 1 heterocycles. The lowest BCUT2D eigenvalue weighted by Gasteiger charge is -2.41. The van der Waals surface area contributed by atoms with Crippen molar-refractivity contribution < 1.29 is 49.3 Å². The second-order valence-corrected chi connectivity index (χ2v) is 22.9. The van der Waals surface area contributed by atoms with Crippen LogP contribution in [-0.4, -0.2) is 99.6 Å². The van der Waals surface area contributed by atoms with E-state index in [2.05, 4.69) is 50.4 Å². The smallest absolute Gasteiger partial charge is 0.306 e. The number of carbonyl (C=O) groups is 2. The Balaban J connectivity index is 2.63. The van der Waals surface area contributed by atoms with Crippen LogP contribution in [0.2, 0.25) is 0 Å². The summed E-state index contributed by atoms with van der Waals surface area (Å²) in [7, 11) is 0. The third-order valence-corrected chi connectivity index (χ3v) is 15.4. The summed E-state index contributed by atoms with van der Waals surface area (Å²) >= 11 is 0. The fraction of sp³-hybridized carbons (Fsp3) is 0.771. The molecule has 0 aromatic heterocycles. The van der Waals surface area contributed by atoms with E-state index in [-0.39, 0.29) is 19.4 Å². The standard InChI is InChI=1S/C70H123NO10/c1-4-7-10-13-16-19-22-25-27-28-29-30-31-32-33-34-35-37-39-42-45-48-51-54-57-63(74)69(78)71-61(62(73)56-53-50-47-44-41-38-24-21-18-15-12-9-6-3)60-79-70-68(67(77)66(76)64(59-72)80-70)81-65(75)58-55-52-49-46-43-40-36-26-23-20-17-14-11-8-5-2/h8,11,14,17,20,23,25-27,36,40,43,53,56,61-64,66-68,70,72-74,76-77H,4-7,9-10,12-13,15-16,18-19,21-22,24,28-35,37-39,41-42,44-52,54-55,57-60H2,1-3H3,(H,71,78)/b11-8+,17-14+,23-20-,27-25+,36-26-,43-40+,56-53+. The molecular weight excluding hydrogens is 1010 g/mol. The largest absolute Gasteiger partial charge is 0.454 e. The molecule has 1 saturated heterocycles. The summed E-state index contributed by atoms with van der Waals surface area (Å²) in [5.74, 6) is -1.24. The highest BCUT2D eigenvalue weighted by molar-refractivity contribution is 5.80. The zero-order valence-corrected chi connectivity index (χ0v) is 51.9. The van der Waals surface area contributed by atoms with Gasteiger partial charge in [0.2, 0.25) is 5.91 Å². The molecule has 0 saturated carbocycles. The van der Waals surface area contributed by atoms with Gasteiger partial charge in [0.1, 0.15) is 24.4 Å². The Kier molecular flexibility index (Phi) is 53.6. The lowest BCUT2D eigenvalue weighted by Crippen LogP contribution is -2.61. The van der Waals surface area contributed by atoms with Crippen LogP contribution in [0.15, 0.2) is 85.1 Å². The SMILES string of the molecule is CC/C=C/C=C/C=C\C=C/C=C/CCCCCC(=O)OC1C(OCC(NC(=O)C(O)CCCCCCCCCCCCCCCC/C=C/CCCCCCCC)C(O)/C=C/CCCCCCCCCCCCC)OC(CO)C(O)C1O. The first-order valence-corrected chi connectivity index (χ1v) is 33.4. The van der Waals surface area contributed by atoms with Crippen LogP contribution in [0, 0.1) is 0 Å². The van der Waals surface area contributed by atoms with Gasteiger partial charge < -0.3 is 45.1 Å². The van der Waals surface area contributed by atoms with E-state index in [0.29, 0.717) is 12.8 Å². The quantitative estimate of drug-likeness (QED) is 0.0149. The maximum atomic E-state index is 13.5. The van der Waals surface area contributed by atoms with Gasteiger partial charge in [-0.1, -0.05) is 292 Å². The maximum Gasteiger partial charge on any atom is 0.306 e. The molecular formula is C70H123NO10. The first-order chi connectivity index (χ1) is 39.7. The van der Waals surface area contributed by atoms with Crippen LogP contribution in [-0.2, 0) is 23.8 Å². The summed E-state index contributed by atoms with van der Waals surface area (Å²) in [6.45, 7) is 5.64. The maximum absolute atomic E-state index is 13.5. The fourth-order valence-electron chi connectivity index (χ4n) is 10.1. The van der Waals surface area contributed by atoms with E-state index in [1.165, 1.54) is 173 Å². The number of esters is 1. The summed E-state index contributed by atoms with van der Waals surface area (Å²) in [5, 5.41) is 57.1. The molecule has 11 heteroatoms. The number of rotatable bonds is 56. The van der Waals surface area contributed by atoms with Crippen molar-refractivity contribution in [2.45, 2.75) is 333 Å². The lowest BCUT2D eigenvalue weighted by atomic mass is 9.99. The van der Waals surface area contributed by atoms with E-state index in [9.17, 15) is 35.1 Å². The van der Waals surface area contributed by atoms with Gasteiger partial charge in [-0.2, -0.15) is 0 Å². The van der Waals surface area contributed by atoms with Crippen molar-refractivity contribution in [2.24, 2.45) is 0 Å². The molecule has 0 bridgehead atoms. The first kappa shape index (κ1) is 75.9. The Bertz CT molecular complexity index is 1640. The van der Waals surface area contributed by atoms with Gasteiger partial charge in [-0.25, -0.2) is 0 Å². The zero-order valence-electron chi connectivity index (χ0n) is 51.9. The molecule has 468 valence electrons. The Morgan fingerprint density at radius 3 is 1.37 bits per heavy atom. The van der Waals surface area contributed by atoms with Crippen LogP contribution < -0.4 is 5.32 Å².